The fraction of sp³-hybridized carbons (Fsp3) is 0.632. The fourth-order valence-electron chi connectivity index (χ4n) is 2.94. The number of hydrogen-bond donors (Lipinski definition) is 2. The minimum absolute atomic E-state index is 0.0129. The smallest absolute Gasteiger partial charge is 0.194 e. The van der Waals surface area contributed by atoms with Gasteiger partial charge in [-0.1, -0.05) is 19.3 Å². The molecule has 6 nitrogen and oxygen atoms in total. The first kappa shape index (κ1) is 19.8. The van der Waals surface area contributed by atoms with Crippen LogP contribution < -0.4 is 4.74 Å². The number of aliphatic hydroxyl groups excluding tert-OH is 1. The van der Waals surface area contributed by atoms with Crippen LogP contribution in [-0.4, -0.2) is 61.2 Å². The summed E-state index contributed by atoms with van der Waals surface area (Å²) in [7, 11) is 0. The van der Waals surface area contributed by atoms with Gasteiger partial charge in [0.25, 0.3) is 0 Å². The van der Waals surface area contributed by atoms with Crippen molar-refractivity contribution in [1.29, 1.82) is 0 Å². The maximum atomic E-state index is 12.5. The van der Waals surface area contributed by atoms with Gasteiger partial charge >= 0.3 is 0 Å². The SMILES string of the molecule is O=C(c1ccc(OCCOCCOCCO)cc1)C1(O)CCCCC1. The van der Waals surface area contributed by atoms with Crippen molar-refractivity contribution in [2.75, 3.05) is 39.6 Å². The summed E-state index contributed by atoms with van der Waals surface area (Å²) >= 11 is 0. The molecule has 0 unspecified atom stereocenters. The van der Waals surface area contributed by atoms with E-state index in [1.807, 2.05) is 0 Å². The van der Waals surface area contributed by atoms with Gasteiger partial charge in [-0.05, 0) is 37.1 Å². The molecule has 1 aliphatic rings. The first-order valence-electron chi connectivity index (χ1n) is 8.92. The molecule has 0 aliphatic heterocycles. The zero-order chi connectivity index (χ0) is 18.0. The molecule has 0 aromatic heterocycles. The number of aliphatic hydroxyl groups is 2. The molecule has 2 N–H and O–H groups in total. The molecule has 1 saturated carbocycles. The molecule has 0 radical (unpaired) electrons. The van der Waals surface area contributed by atoms with Gasteiger partial charge in [-0.25, -0.2) is 0 Å². The number of rotatable bonds is 11. The Morgan fingerprint density at radius 2 is 1.52 bits per heavy atom. The summed E-state index contributed by atoms with van der Waals surface area (Å²) in [4.78, 5) is 12.5. The number of Topliss-reactive ketones (excluding diaryl/α,β-unsaturated/α-hetero) is 1. The lowest BCUT2D eigenvalue weighted by Crippen LogP contribution is -2.40. The highest BCUT2D eigenvalue weighted by atomic mass is 16.5. The minimum Gasteiger partial charge on any atom is -0.491 e. The van der Waals surface area contributed by atoms with Crippen molar-refractivity contribution in [1.82, 2.24) is 0 Å². The zero-order valence-corrected chi connectivity index (χ0v) is 14.6. The molecule has 0 heterocycles. The lowest BCUT2D eigenvalue weighted by molar-refractivity contribution is 0.0116. The van der Waals surface area contributed by atoms with E-state index in [0.29, 0.717) is 57.2 Å². The van der Waals surface area contributed by atoms with Crippen molar-refractivity contribution < 1.29 is 29.2 Å². The normalized spacial score (nSPS) is 16.6. The molecule has 0 bridgehead atoms. The highest BCUT2D eigenvalue weighted by Gasteiger charge is 2.37. The van der Waals surface area contributed by atoms with Gasteiger partial charge in [0.05, 0.1) is 33.0 Å². The summed E-state index contributed by atoms with van der Waals surface area (Å²) in [6.07, 6.45) is 3.97. The quantitative estimate of drug-likeness (QED) is 0.468. The van der Waals surface area contributed by atoms with E-state index in [1.54, 1.807) is 24.3 Å². The third kappa shape index (κ3) is 6.40. The number of carbonyl (C=O) groups excluding carboxylic acids is 1. The van der Waals surface area contributed by atoms with E-state index in [4.69, 9.17) is 19.3 Å². The van der Waals surface area contributed by atoms with Crippen molar-refractivity contribution >= 4 is 5.78 Å². The van der Waals surface area contributed by atoms with Gasteiger partial charge < -0.3 is 24.4 Å². The number of hydrogen-bond acceptors (Lipinski definition) is 6. The molecule has 1 fully saturated rings. The van der Waals surface area contributed by atoms with Crippen LogP contribution in [0.4, 0.5) is 0 Å². The highest BCUT2D eigenvalue weighted by Crippen LogP contribution is 2.31. The second-order valence-electron chi connectivity index (χ2n) is 6.24. The van der Waals surface area contributed by atoms with Gasteiger partial charge in [-0.3, -0.25) is 4.79 Å². The molecule has 0 amide bonds. The Labute approximate surface area is 148 Å². The molecule has 25 heavy (non-hydrogen) atoms. The first-order chi connectivity index (χ1) is 12.2. The monoisotopic (exact) mass is 352 g/mol. The number of carbonyl (C=O) groups is 1. The topological polar surface area (TPSA) is 85.2 Å². The Morgan fingerprint density at radius 1 is 0.920 bits per heavy atom. The van der Waals surface area contributed by atoms with Crippen LogP contribution in [0.15, 0.2) is 24.3 Å². The van der Waals surface area contributed by atoms with Crippen molar-refractivity contribution in [2.45, 2.75) is 37.7 Å². The largest absolute Gasteiger partial charge is 0.491 e. The summed E-state index contributed by atoms with van der Waals surface area (Å²) in [5.41, 5.74) is -0.680. The zero-order valence-electron chi connectivity index (χ0n) is 14.6. The molecule has 140 valence electrons. The Balaban J connectivity index is 1.70. The summed E-state index contributed by atoms with van der Waals surface area (Å²) in [5, 5.41) is 19.1. The third-order valence-corrected chi connectivity index (χ3v) is 4.32. The number of benzene rings is 1. The van der Waals surface area contributed by atoms with Crippen LogP contribution in [-0.2, 0) is 9.47 Å². The van der Waals surface area contributed by atoms with E-state index in [9.17, 15) is 9.90 Å². The van der Waals surface area contributed by atoms with Crippen molar-refractivity contribution in [3.8, 4) is 5.75 Å². The predicted molar refractivity (Wildman–Crippen MR) is 93.0 cm³/mol. The maximum absolute atomic E-state index is 12.5. The fourth-order valence-corrected chi connectivity index (χ4v) is 2.94. The van der Waals surface area contributed by atoms with Crippen LogP contribution >= 0.6 is 0 Å². The third-order valence-electron chi connectivity index (χ3n) is 4.32. The summed E-state index contributed by atoms with van der Waals surface area (Å²) in [6, 6.07) is 6.88. The number of ketones is 1. The molecule has 6 heteroatoms. The number of ether oxygens (including phenoxy) is 3. The summed E-state index contributed by atoms with van der Waals surface area (Å²) < 4.78 is 16.0. The average molecular weight is 352 g/mol. The molecular weight excluding hydrogens is 324 g/mol. The van der Waals surface area contributed by atoms with Crippen molar-refractivity contribution in [3.05, 3.63) is 29.8 Å². The predicted octanol–water partition coefficient (Wildman–Crippen LogP) is 1.97. The molecule has 0 atom stereocenters. The average Bonchev–Trinajstić information content (AvgIpc) is 2.64. The molecule has 2 rings (SSSR count). The molecule has 0 saturated heterocycles. The second kappa shape index (κ2) is 10.5. The lowest BCUT2D eigenvalue weighted by Gasteiger charge is -2.30. The molecule has 1 aromatic rings. The Bertz CT molecular complexity index is 507. The lowest BCUT2D eigenvalue weighted by atomic mass is 9.79. The minimum atomic E-state index is -1.20. The highest BCUT2D eigenvalue weighted by molar-refractivity contribution is 6.02. The molecule has 1 aromatic carbocycles. The van der Waals surface area contributed by atoms with Gasteiger partial charge in [0.1, 0.15) is 18.0 Å². The summed E-state index contributed by atoms with van der Waals surface area (Å²) in [5.74, 6) is 0.470. The Hall–Kier alpha value is -1.47. The maximum Gasteiger partial charge on any atom is 0.194 e. The van der Waals surface area contributed by atoms with E-state index in [2.05, 4.69) is 0 Å². The van der Waals surface area contributed by atoms with Gasteiger partial charge in [-0.15, -0.1) is 0 Å². The second-order valence-corrected chi connectivity index (χ2v) is 6.24. The van der Waals surface area contributed by atoms with E-state index < -0.39 is 5.60 Å². The van der Waals surface area contributed by atoms with E-state index in [0.717, 1.165) is 19.3 Å². The van der Waals surface area contributed by atoms with E-state index >= 15 is 0 Å². The van der Waals surface area contributed by atoms with Crippen LogP contribution in [0.2, 0.25) is 0 Å². The van der Waals surface area contributed by atoms with Gasteiger partial charge in [0.15, 0.2) is 5.78 Å². The van der Waals surface area contributed by atoms with Crippen LogP contribution in [0, 0.1) is 0 Å². The standard InChI is InChI=1S/C19H28O6/c20-10-11-23-12-13-24-14-15-25-17-6-4-16(5-7-17)18(21)19(22)8-2-1-3-9-19/h4-7,20,22H,1-3,8-15H2. The van der Waals surface area contributed by atoms with Crippen LogP contribution in [0.3, 0.4) is 0 Å². The van der Waals surface area contributed by atoms with Gasteiger partial charge in [-0.2, -0.15) is 0 Å². The van der Waals surface area contributed by atoms with Crippen molar-refractivity contribution in [3.63, 3.8) is 0 Å². The Morgan fingerprint density at radius 3 is 2.16 bits per heavy atom. The Kier molecular flexibility index (Phi) is 8.34. The van der Waals surface area contributed by atoms with Crippen molar-refractivity contribution in [2.24, 2.45) is 0 Å². The van der Waals surface area contributed by atoms with Crippen LogP contribution in [0.5, 0.6) is 5.75 Å². The van der Waals surface area contributed by atoms with Gasteiger partial charge in [0, 0.05) is 5.56 Å². The van der Waals surface area contributed by atoms with Gasteiger partial charge in [0.2, 0.25) is 0 Å². The first-order valence-corrected chi connectivity index (χ1v) is 8.92. The summed E-state index contributed by atoms with van der Waals surface area (Å²) in [6.45, 7) is 2.06. The van der Waals surface area contributed by atoms with E-state index in [-0.39, 0.29) is 12.4 Å². The molecule has 0 spiro atoms. The van der Waals surface area contributed by atoms with Crippen LogP contribution in [0.25, 0.3) is 0 Å². The van der Waals surface area contributed by atoms with Crippen LogP contribution in [0.1, 0.15) is 42.5 Å². The molecule has 1 aliphatic carbocycles. The molecular formula is C19H28O6. The van der Waals surface area contributed by atoms with E-state index in [1.165, 1.54) is 0 Å².